The summed E-state index contributed by atoms with van der Waals surface area (Å²) >= 11 is 0. The van der Waals surface area contributed by atoms with Crippen molar-refractivity contribution in [2.24, 2.45) is 0 Å². The summed E-state index contributed by atoms with van der Waals surface area (Å²) in [6.07, 6.45) is 8.75. The molecule has 1 aromatic rings. The van der Waals surface area contributed by atoms with E-state index in [1.807, 2.05) is 0 Å². The smallest absolute Gasteiger partial charge is 0.0201 e. The van der Waals surface area contributed by atoms with Gasteiger partial charge in [-0.05, 0) is 44.2 Å². The van der Waals surface area contributed by atoms with Crippen LogP contribution in [0.1, 0.15) is 64.4 Å². The van der Waals surface area contributed by atoms with Crippen LogP contribution in [0.5, 0.6) is 0 Å². The molecule has 1 nitrogen and oxygen atoms in total. The van der Waals surface area contributed by atoms with E-state index in [0.717, 1.165) is 19.4 Å². The molecule has 0 aromatic heterocycles. The Morgan fingerprint density at radius 2 is 1.86 bits per heavy atom. The zero-order chi connectivity index (χ0) is 15.1. The summed E-state index contributed by atoms with van der Waals surface area (Å²) in [7, 11) is 0. The van der Waals surface area contributed by atoms with E-state index in [1.165, 1.54) is 43.2 Å². The maximum absolute atomic E-state index is 4.28. The van der Waals surface area contributed by atoms with E-state index in [4.69, 9.17) is 0 Å². The van der Waals surface area contributed by atoms with Crippen molar-refractivity contribution in [3.63, 3.8) is 0 Å². The van der Waals surface area contributed by atoms with Crippen LogP contribution in [0, 0.1) is 0 Å². The van der Waals surface area contributed by atoms with E-state index in [9.17, 15) is 0 Å². The second-order valence-electron chi connectivity index (χ2n) is 6.54. The largest absolute Gasteiger partial charge is 0.313 e. The summed E-state index contributed by atoms with van der Waals surface area (Å²) in [5, 5.41) is 3.86. The minimum atomic E-state index is 0.314. The van der Waals surface area contributed by atoms with Gasteiger partial charge in [0.1, 0.15) is 0 Å². The van der Waals surface area contributed by atoms with E-state index >= 15 is 0 Å². The fourth-order valence-corrected chi connectivity index (χ4v) is 3.83. The molecule has 0 radical (unpaired) electrons. The highest BCUT2D eigenvalue weighted by Crippen LogP contribution is 2.45. The molecule has 1 aromatic carbocycles. The SMILES string of the molecule is C=C(CC)CC(NCCC)C1(c2ccccc2)CCCC1. The molecule has 116 valence electrons. The lowest BCUT2D eigenvalue weighted by atomic mass is 9.70. The molecule has 1 unspecified atom stereocenters. The van der Waals surface area contributed by atoms with Crippen LogP contribution in [0.25, 0.3) is 0 Å². The van der Waals surface area contributed by atoms with Crippen molar-refractivity contribution in [1.29, 1.82) is 0 Å². The van der Waals surface area contributed by atoms with Crippen LogP contribution in [0.3, 0.4) is 0 Å². The lowest BCUT2D eigenvalue weighted by molar-refractivity contribution is 0.292. The Hall–Kier alpha value is -1.08. The molecule has 0 aliphatic heterocycles. The molecule has 2 rings (SSSR count). The summed E-state index contributed by atoms with van der Waals surface area (Å²) in [6, 6.07) is 11.7. The first kappa shape index (κ1) is 16.3. The highest BCUT2D eigenvalue weighted by molar-refractivity contribution is 5.30. The average molecular weight is 285 g/mol. The van der Waals surface area contributed by atoms with E-state index in [0.29, 0.717) is 11.5 Å². The second kappa shape index (κ2) is 7.79. The maximum atomic E-state index is 4.28. The Morgan fingerprint density at radius 1 is 1.19 bits per heavy atom. The Kier molecular flexibility index (Phi) is 6.05. The highest BCUT2D eigenvalue weighted by atomic mass is 14.9. The van der Waals surface area contributed by atoms with Gasteiger partial charge in [-0.3, -0.25) is 0 Å². The van der Waals surface area contributed by atoms with Crippen molar-refractivity contribution in [3.05, 3.63) is 48.0 Å². The predicted molar refractivity (Wildman–Crippen MR) is 92.7 cm³/mol. The van der Waals surface area contributed by atoms with Crippen molar-refractivity contribution in [2.75, 3.05) is 6.54 Å². The van der Waals surface area contributed by atoms with Crippen LogP contribution in [-0.4, -0.2) is 12.6 Å². The third-order valence-electron chi connectivity index (χ3n) is 5.15. The van der Waals surface area contributed by atoms with Gasteiger partial charge >= 0.3 is 0 Å². The fourth-order valence-electron chi connectivity index (χ4n) is 3.83. The van der Waals surface area contributed by atoms with Gasteiger partial charge in [-0.25, -0.2) is 0 Å². The highest BCUT2D eigenvalue weighted by Gasteiger charge is 2.42. The Labute approximate surface area is 130 Å². The van der Waals surface area contributed by atoms with Gasteiger partial charge in [-0.15, -0.1) is 0 Å². The van der Waals surface area contributed by atoms with Crippen LogP contribution >= 0.6 is 0 Å². The van der Waals surface area contributed by atoms with Crippen LogP contribution < -0.4 is 5.32 Å². The van der Waals surface area contributed by atoms with Crippen molar-refractivity contribution in [1.82, 2.24) is 5.32 Å². The van der Waals surface area contributed by atoms with Gasteiger partial charge < -0.3 is 5.32 Å². The van der Waals surface area contributed by atoms with E-state index in [-0.39, 0.29) is 0 Å². The first-order valence-electron chi connectivity index (χ1n) is 8.68. The van der Waals surface area contributed by atoms with Crippen LogP contribution in [0.15, 0.2) is 42.5 Å². The molecule has 0 heterocycles. The van der Waals surface area contributed by atoms with E-state index in [2.05, 4.69) is 56.1 Å². The maximum Gasteiger partial charge on any atom is 0.0201 e. The van der Waals surface area contributed by atoms with Crippen molar-refractivity contribution < 1.29 is 0 Å². The summed E-state index contributed by atoms with van der Waals surface area (Å²) in [5.41, 5.74) is 3.22. The van der Waals surface area contributed by atoms with Gasteiger partial charge in [-0.2, -0.15) is 0 Å². The molecule has 21 heavy (non-hydrogen) atoms. The molecule has 1 fully saturated rings. The number of hydrogen-bond donors (Lipinski definition) is 1. The van der Waals surface area contributed by atoms with Crippen LogP contribution in [0.4, 0.5) is 0 Å². The van der Waals surface area contributed by atoms with E-state index in [1.54, 1.807) is 0 Å². The topological polar surface area (TPSA) is 12.0 Å². The van der Waals surface area contributed by atoms with Gasteiger partial charge in [0, 0.05) is 11.5 Å². The molecule has 1 heteroatoms. The molecule has 1 N–H and O–H groups in total. The molecule has 1 atom stereocenters. The van der Waals surface area contributed by atoms with Crippen molar-refractivity contribution >= 4 is 0 Å². The summed E-state index contributed by atoms with van der Waals surface area (Å²) in [5.74, 6) is 0. The van der Waals surface area contributed by atoms with Gasteiger partial charge in [0.25, 0.3) is 0 Å². The summed E-state index contributed by atoms with van der Waals surface area (Å²) in [6.45, 7) is 9.86. The number of hydrogen-bond acceptors (Lipinski definition) is 1. The average Bonchev–Trinajstić information content (AvgIpc) is 3.02. The third kappa shape index (κ3) is 3.77. The molecular weight excluding hydrogens is 254 g/mol. The Morgan fingerprint density at radius 3 is 2.43 bits per heavy atom. The van der Waals surface area contributed by atoms with E-state index < -0.39 is 0 Å². The second-order valence-corrected chi connectivity index (χ2v) is 6.54. The first-order valence-corrected chi connectivity index (χ1v) is 8.68. The molecule has 0 saturated heterocycles. The zero-order valence-corrected chi connectivity index (χ0v) is 13.8. The molecule has 1 aliphatic carbocycles. The molecule has 0 bridgehead atoms. The summed E-state index contributed by atoms with van der Waals surface area (Å²) < 4.78 is 0. The zero-order valence-electron chi connectivity index (χ0n) is 13.8. The number of rotatable bonds is 8. The Bertz CT molecular complexity index is 428. The molecule has 1 saturated carbocycles. The molecule has 1 aliphatic rings. The van der Waals surface area contributed by atoms with Gasteiger partial charge in [0.05, 0.1) is 0 Å². The summed E-state index contributed by atoms with van der Waals surface area (Å²) in [4.78, 5) is 0. The number of nitrogens with one attached hydrogen (secondary N) is 1. The fraction of sp³-hybridized carbons (Fsp3) is 0.600. The van der Waals surface area contributed by atoms with Gasteiger partial charge in [-0.1, -0.05) is 69.2 Å². The normalized spacial score (nSPS) is 18.6. The minimum Gasteiger partial charge on any atom is -0.313 e. The van der Waals surface area contributed by atoms with Crippen LogP contribution in [-0.2, 0) is 5.41 Å². The predicted octanol–water partition coefficient (Wildman–Crippen LogP) is 5.22. The van der Waals surface area contributed by atoms with Gasteiger partial charge in [0.2, 0.25) is 0 Å². The van der Waals surface area contributed by atoms with Crippen LogP contribution in [0.2, 0.25) is 0 Å². The number of benzene rings is 1. The quantitative estimate of drug-likeness (QED) is 0.645. The minimum absolute atomic E-state index is 0.314. The lowest BCUT2D eigenvalue weighted by Gasteiger charge is -2.39. The molecular formula is C20H31N. The first-order chi connectivity index (χ1) is 10.2. The van der Waals surface area contributed by atoms with Crippen molar-refractivity contribution in [2.45, 2.75) is 70.3 Å². The molecule has 0 amide bonds. The molecule has 0 spiro atoms. The lowest BCUT2D eigenvalue weighted by Crippen LogP contribution is -2.47. The van der Waals surface area contributed by atoms with Gasteiger partial charge in [0.15, 0.2) is 0 Å². The van der Waals surface area contributed by atoms with Crippen molar-refractivity contribution in [3.8, 4) is 0 Å². The standard InChI is InChI=1S/C20H31N/c1-4-15-21-19(16-17(3)5-2)20(13-9-10-14-20)18-11-7-6-8-12-18/h6-8,11-12,19,21H,3-5,9-10,13-16H2,1-2H3. The Balaban J connectivity index is 2.29. The third-order valence-corrected chi connectivity index (χ3v) is 5.15. The monoisotopic (exact) mass is 285 g/mol.